The summed E-state index contributed by atoms with van der Waals surface area (Å²) in [6, 6.07) is 11.2. The van der Waals surface area contributed by atoms with E-state index in [1.54, 1.807) is 10.6 Å². The zero-order valence-electron chi connectivity index (χ0n) is 17.0. The largest absolute Gasteiger partial charge is 0.477 e. The molecule has 0 aliphatic carbocycles. The SMILES string of the molecule is CCn1cc(C(=O)O)c(=O)c2cc(F)c(N3CCNC(c4ccc(C)cc4)C3)cc21. The van der Waals surface area contributed by atoms with E-state index < -0.39 is 17.2 Å². The van der Waals surface area contributed by atoms with Crippen molar-refractivity contribution in [3.63, 3.8) is 0 Å². The molecule has 2 heterocycles. The first-order valence-corrected chi connectivity index (χ1v) is 10.0. The lowest BCUT2D eigenvalue weighted by Crippen LogP contribution is -2.46. The minimum atomic E-state index is -1.31. The minimum absolute atomic E-state index is 0.0669. The molecule has 4 rings (SSSR count). The molecule has 0 bridgehead atoms. The first-order valence-electron chi connectivity index (χ1n) is 10.0. The summed E-state index contributed by atoms with van der Waals surface area (Å²) in [4.78, 5) is 25.9. The second kappa shape index (κ2) is 7.91. The molecule has 1 saturated heterocycles. The lowest BCUT2D eigenvalue weighted by molar-refractivity contribution is 0.0695. The van der Waals surface area contributed by atoms with Gasteiger partial charge in [-0.3, -0.25) is 4.79 Å². The van der Waals surface area contributed by atoms with Crippen molar-refractivity contribution >= 4 is 22.6 Å². The third-order valence-corrected chi connectivity index (χ3v) is 5.72. The van der Waals surface area contributed by atoms with Crippen LogP contribution in [-0.4, -0.2) is 35.3 Å². The number of halogens is 1. The van der Waals surface area contributed by atoms with Crippen LogP contribution in [0, 0.1) is 12.7 Å². The van der Waals surface area contributed by atoms with Crippen molar-refractivity contribution in [2.75, 3.05) is 24.5 Å². The zero-order valence-corrected chi connectivity index (χ0v) is 17.0. The number of aromatic carboxylic acids is 1. The Morgan fingerprint density at radius 2 is 2.00 bits per heavy atom. The number of carbonyl (C=O) groups is 1. The van der Waals surface area contributed by atoms with Crippen LogP contribution in [0.4, 0.5) is 10.1 Å². The van der Waals surface area contributed by atoms with E-state index in [1.807, 2.05) is 18.7 Å². The van der Waals surface area contributed by atoms with Gasteiger partial charge in [-0.05, 0) is 31.5 Å². The molecule has 2 aromatic carbocycles. The number of hydrogen-bond donors (Lipinski definition) is 2. The molecule has 156 valence electrons. The van der Waals surface area contributed by atoms with Gasteiger partial charge in [-0.2, -0.15) is 0 Å². The molecule has 1 fully saturated rings. The molecule has 3 aromatic rings. The topological polar surface area (TPSA) is 74.6 Å². The fourth-order valence-corrected chi connectivity index (χ4v) is 4.05. The summed E-state index contributed by atoms with van der Waals surface area (Å²) in [5.41, 5.74) is 2.28. The number of nitrogens with zero attached hydrogens (tertiary/aromatic N) is 2. The number of nitrogens with one attached hydrogen (secondary N) is 1. The van der Waals surface area contributed by atoms with Crippen LogP contribution < -0.4 is 15.6 Å². The lowest BCUT2D eigenvalue weighted by atomic mass is 10.0. The minimum Gasteiger partial charge on any atom is -0.477 e. The smallest absolute Gasteiger partial charge is 0.341 e. The number of benzene rings is 2. The molecular formula is C23H24FN3O3. The average Bonchev–Trinajstić information content (AvgIpc) is 2.74. The number of aromatic nitrogens is 1. The highest BCUT2D eigenvalue weighted by atomic mass is 19.1. The molecule has 30 heavy (non-hydrogen) atoms. The van der Waals surface area contributed by atoms with E-state index in [9.17, 15) is 14.7 Å². The monoisotopic (exact) mass is 409 g/mol. The second-order valence-electron chi connectivity index (χ2n) is 7.65. The predicted molar refractivity (Wildman–Crippen MR) is 115 cm³/mol. The Hall–Kier alpha value is -3.19. The Morgan fingerprint density at radius 1 is 1.27 bits per heavy atom. The van der Waals surface area contributed by atoms with Gasteiger partial charge >= 0.3 is 5.97 Å². The van der Waals surface area contributed by atoms with Gasteiger partial charge in [0.1, 0.15) is 11.4 Å². The van der Waals surface area contributed by atoms with Crippen LogP contribution in [-0.2, 0) is 6.54 Å². The molecular weight excluding hydrogens is 385 g/mol. The van der Waals surface area contributed by atoms with Gasteiger partial charge in [-0.1, -0.05) is 29.8 Å². The van der Waals surface area contributed by atoms with Gasteiger partial charge in [0, 0.05) is 43.8 Å². The van der Waals surface area contributed by atoms with Crippen LogP contribution in [0.25, 0.3) is 10.9 Å². The first-order chi connectivity index (χ1) is 14.4. The third-order valence-electron chi connectivity index (χ3n) is 5.72. The van der Waals surface area contributed by atoms with Gasteiger partial charge in [0.25, 0.3) is 0 Å². The number of fused-ring (bicyclic) bond motifs is 1. The number of hydrogen-bond acceptors (Lipinski definition) is 4. The number of aryl methyl sites for hydroxylation is 2. The van der Waals surface area contributed by atoms with Crippen LogP contribution in [0.1, 0.15) is 34.5 Å². The molecule has 1 aliphatic rings. The van der Waals surface area contributed by atoms with Gasteiger partial charge in [0.2, 0.25) is 5.43 Å². The van der Waals surface area contributed by atoms with Crippen molar-refractivity contribution in [1.29, 1.82) is 0 Å². The van der Waals surface area contributed by atoms with Gasteiger partial charge in [-0.15, -0.1) is 0 Å². The van der Waals surface area contributed by atoms with Crippen molar-refractivity contribution in [2.24, 2.45) is 0 Å². The second-order valence-corrected chi connectivity index (χ2v) is 7.65. The Labute approximate surface area is 173 Å². The van der Waals surface area contributed by atoms with Crippen molar-refractivity contribution in [2.45, 2.75) is 26.4 Å². The maximum atomic E-state index is 15.1. The van der Waals surface area contributed by atoms with E-state index in [0.717, 1.165) is 5.56 Å². The van der Waals surface area contributed by atoms with Crippen molar-refractivity contribution < 1.29 is 14.3 Å². The van der Waals surface area contributed by atoms with E-state index in [4.69, 9.17) is 0 Å². The van der Waals surface area contributed by atoms with Crippen LogP contribution in [0.15, 0.2) is 47.4 Å². The number of rotatable bonds is 4. The fourth-order valence-electron chi connectivity index (χ4n) is 4.05. The first kappa shape index (κ1) is 20.1. The summed E-state index contributed by atoms with van der Waals surface area (Å²) >= 11 is 0. The third kappa shape index (κ3) is 3.57. The molecule has 0 radical (unpaired) electrons. The summed E-state index contributed by atoms with van der Waals surface area (Å²) < 4.78 is 16.8. The average molecular weight is 409 g/mol. The van der Waals surface area contributed by atoms with Crippen LogP contribution in [0.5, 0.6) is 0 Å². The van der Waals surface area contributed by atoms with Gasteiger partial charge < -0.3 is 19.9 Å². The standard InChI is InChI=1S/C23H24FN3O3/c1-3-26-12-17(23(29)30)22(28)16-10-18(24)21(11-20(16)26)27-9-8-25-19(13-27)15-6-4-14(2)5-7-15/h4-7,10-12,19,25H,3,8-9,13H2,1-2H3,(H,29,30). The molecule has 0 spiro atoms. The van der Waals surface area contributed by atoms with Gasteiger partial charge in [0.15, 0.2) is 0 Å². The highest BCUT2D eigenvalue weighted by Gasteiger charge is 2.24. The molecule has 0 saturated carbocycles. The lowest BCUT2D eigenvalue weighted by Gasteiger charge is -2.36. The molecule has 0 amide bonds. The number of piperazine rings is 1. The summed E-state index contributed by atoms with van der Waals surface area (Å²) in [6.45, 7) is 6.29. The van der Waals surface area contributed by atoms with E-state index in [-0.39, 0.29) is 17.0 Å². The molecule has 7 heteroatoms. The summed E-state index contributed by atoms with van der Waals surface area (Å²) in [7, 11) is 0. The van der Waals surface area contributed by atoms with Gasteiger partial charge in [0.05, 0.1) is 11.2 Å². The fraction of sp³-hybridized carbons (Fsp3) is 0.304. The molecule has 2 N–H and O–H groups in total. The van der Waals surface area contributed by atoms with E-state index in [1.165, 1.54) is 17.8 Å². The number of carboxylic acids is 1. The number of carboxylic acid groups (broad SMARTS) is 1. The van der Waals surface area contributed by atoms with Crippen molar-refractivity contribution in [1.82, 2.24) is 9.88 Å². The van der Waals surface area contributed by atoms with Crippen molar-refractivity contribution in [3.8, 4) is 0 Å². The highest BCUT2D eigenvalue weighted by Crippen LogP contribution is 2.28. The summed E-state index contributed by atoms with van der Waals surface area (Å²) in [5.74, 6) is -1.83. The van der Waals surface area contributed by atoms with Gasteiger partial charge in [-0.25, -0.2) is 9.18 Å². The Morgan fingerprint density at radius 3 is 2.67 bits per heavy atom. The summed E-state index contributed by atoms with van der Waals surface area (Å²) in [5, 5.41) is 12.9. The van der Waals surface area contributed by atoms with Crippen LogP contribution >= 0.6 is 0 Å². The predicted octanol–water partition coefficient (Wildman–Crippen LogP) is 3.32. The summed E-state index contributed by atoms with van der Waals surface area (Å²) in [6.07, 6.45) is 1.33. The van der Waals surface area contributed by atoms with E-state index in [0.29, 0.717) is 37.4 Å². The van der Waals surface area contributed by atoms with E-state index >= 15 is 4.39 Å². The number of anilines is 1. The van der Waals surface area contributed by atoms with Crippen molar-refractivity contribution in [3.05, 3.63) is 75.3 Å². The van der Waals surface area contributed by atoms with Crippen LogP contribution in [0.2, 0.25) is 0 Å². The Kier molecular flexibility index (Phi) is 5.30. The molecule has 1 aromatic heterocycles. The van der Waals surface area contributed by atoms with E-state index in [2.05, 4.69) is 29.6 Å². The molecule has 6 nitrogen and oxygen atoms in total. The van der Waals surface area contributed by atoms with Crippen LogP contribution in [0.3, 0.4) is 0 Å². The normalized spacial score (nSPS) is 16.8. The molecule has 1 unspecified atom stereocenters. The highest BCUT2D eigenvalue weighted by molar-refractivity contribution is 5.93. The quantitative estimate of drug-likeness (QED) is 0.692. The molecule has 1 aliphatic heterocycles. The Bertz CT molecular complexity index is 1170. The number of pyridine rings is 1. The maximum absolute atomic E-state index is 15.1. The zero-order chi connectivity index (χ0) is 21.4. The maximum Gasteiger partial charge on any atom is 0.341 e. The Balaban J connectivity index is 1.76. The molecule has 1 atom stereocenters.